The largest absolute Gasteiger partial charge is 0.375 e. The zero-order chi connectivity index (χ0) is 13.0. The lowest BCUT2D eigenvalue weighted by Gasteiger charge is -2.10. The number of nitrogens with one attached hydrogen (secondary N) is 1. The predicted octanol–water partition coefficient (Wildman–Crippen LogP) is 3.26. The molecule has 18 heavy (non-hydrogen) atoms. The van der Waals surface area contributed by atoms with E-state index in [9.17, 15) is 0 Å². The van der Waals surface area contributed by atoms with Crippen molar-refractivity contribution in [2.45, 2.75) is 33.4 Å². The minimum Gasteiger partial charge on any atom is -0.375 e. The topological polar surface area (TPSA) is 42.7 Å². The second-order valence-corrected chi connectivity index (χ2v) is 4.60. The molecule has 0 unspecified atom stereocenters. The lowest BCUT2D eigenvalue weighted by atomic mass is 10.3. The second kappa shape index (κ2) is 5.87. The van der Waals surface area contributed by atoms with Crippen molar-refractivity contribution in [1.82, 2.24) is 14.5 Å². The fourth-order valence-corrected chi connectivity index (χ4v) is 1.97. The molecule has 0 radical (unpaired) electrons. The van der Waals surface area contributed by atoms with E-state index in [2.05, 4.69) is 26.8 Å². The minimum absolute atomic E-state index is 0.495. The van der Waals surface area contributed by atoms with Gasteiger partial charge in [-0.05, 0) is 25.0 Å². The molecule has 0 saturated heterocycles. The Hall–Kier alpha value is -1.55. The number of halogens is 1. The van der Waals surface area contributed by atoms with Crippen LogP contribution in [0.4, 0.5) is 5.69 Å². The molecule has 0 saturated carbocycles. The third-order valence-electron chi connectivity index (χ3n) is 2.68. The maximum atomic E-state index is 6.04. The van der Waals surface area contributed by atoms with Crippen LogP contribution in [0.5, 0.6) is 0 Å². The number of hydrogen-bond acceptors (Lipinski definition) is 3. The molecule has 2 rings (SSSR count). The zero-order valence-electron chi connectivity index (χ0n) is 10.7. The highest BCUT2D eigenvalue weighted by Gasteiger charge is 2.05. The molecule has 0 aliphatic heterocycles. The number of aromatic nitrogens is 3. The molecule has 0 fully saturated rings. The summed E-state index contributed by atoms with van der Waals surface area (Å²) in [7, 11) is 0. The van der Waals surface area contributed by atoms with Crippen molar-refractivity contribution >= 4 is 17.3 Å². The Labute approximate surface area is 112 Å². The smallest absolute Gasteiger partial charge is 0.152 e. The molecular weight excluding hydrogens is 248 g/mol. The SMILES string of the molecule is CCCn1ccnc1CNc1cc(C)cnc1Cl. The molecule has 0 atom stereocenters. The Morgan fingerprint density at radius 3 is 3.00 bits per heavy atom. The molecule has 1 N–H and O–H groups in total. The summed E-state index contributed by atoms with van der Waals surface area (Å²) in [5.74, 6) is 1.01. The lowest BCUT2D eigenvalue weighted by Crippen LogP contribution is -2.09. The van der Waals surface area contributed by atoms with Crippen LogP contribution in [0.3, 0.4) is 0 Å². The molecule has 96 valence electrons. The third kappa shape index (κ3) is 3.01. The van der Waals surface area contributed by atoms with Gasteiger partial charge in [0.1, 0.15) is 5.82 Å². The Morgan fingerprint density at radius 2 is 2.22 bits per heavy atom. The summed E-state index contributed by atoms with van der Waals surface area (Å²) >= 11 is 6.04. The minimum atomic E-state index is 0.495. The van der Waals surface area contributed by atoms with Gasteiger partial charge in [-0.2, -0.15) is 0 Å². The lowest BCUT2D eigenvalue weighted by molar-refractivity contribution is 0.644. The van der Waals surface area contributed by atoms with Gasteiger partial charge in [0.05, 0.1) is 12.2 Å². The van der Waals surface area contributed by atoms with Gasteiger partial charge in [0, 0.05) is 25.1 Å². The molecule has 5 heteroatoms. The number of aryl methyl sites for hydroxylation is 2. The van der Waals surface area contributed by atoms with Crippen molar-refractivity contribution < 1.29 is 0 Å². The van der Waals surface area contributed by atoms with Crippen LogP contribution in [0.15, 0.2) is 24.7 Å². The van der Waals surface area contributed by atoms with E-state index >= 15 is 0 Å². The maximum absolute atomic E-state index is 6.04. The maximum Gasteiger partial charge on any atom is 0.152 e. The number of nitrogens with zero attached hydrogens (tertiary/aromatic N) is 3. The molecule has 0 aliphatic carbocycles. The Bertz CT molecular complexity index is 521. The van der Waals surface area contributed by atoms with Gasteiger partial charge in [-0.15, -0.1) is 0 Å². The third-order valence-corrected chi connectivity index (χ3v) is 2.98. The van der Waals surface area contributed by atoms with Gasteiger partial charge in [-0.1, -0.05) is 18.5 Å². The van der Waals surface area contributed by atoms with Crippen LogP contribution in [-0.4, -0.2) is 14.5 Å². The first kappa shape index (κ1) is 12.9. The monoisotopic (exact) mass is 264 g/mol. The van der Waals surface area contributed by atoms with Gasteiger partial charge < -0.3 is 9.88 Å². The first-order valence-corrected chi connectivity index (χ1v) is 6.44. The van der Waals surface area contributed by atoms with Gasteiger partial charge >= 0.3 is 0 Å². The van der Waals surface area contributed by atoms with Crippen molar-refractivity contribution in [3.8, 4) is 0 Å². The molecule has 0 spiro atoms. The molecule has 0 amide bonds. The number of rotatable bonds is 5. The van der Waals surface area contributed by atoms with Gasteiger partial charge in [0.25, 0.3) is 0 Å². The summed E-state index contributed by atoms with van der Waals surface area (Å²) in [5.41, 5.74) is 1.93. The molecule has 0 bridgehead atoms. The zero-order valence-corrected chi connectivity index (χ0v) is 11.4. The van der Waals surface area contributed by atoms with Gasteiger partial charge in [-0.25, -0.2) is 9.97 Å². The average Bonchev–Trinajstić information content (AvgIpc) is 2.78. The van der Waals surface area contributed by atoms with E-state index in [1.807, 2.05) is 25.4 Å². The van der Waals surface area contributed by atoms with Crippen molar-refractivity contribution in [3.05, 3.63) is 41.2 Å². The fourth-order valence-electron chi connectivity index (χ4n) is 1.80. The highest BCUT2D eigenvalue weighted by Crippen LogP contribution is 2.20. The van der Waals surface area contributed by atoms with Crippen molar-refractivity contribution in [2.24, 2.45) is 0 Å². The Morgan fingerprint density at radius 1 is 1.39 bits per heavy atom. The van der Waals surface area contributed by atoms with E-state index in [1.54, 1.807) is 6.20 Å². The first-order chi connectivity index (χ1) is 8.70. The van der Waals surface area contributed by atoms with Crippen LogP contribution < -0.4 is 5.32 Å². The summed E-state index contributed by atoms with van der Waals surface area (Å²) in [5, 5.41) is 3.77. The molecule has 0 aromatic carbocycles. The molecule has 2 aromatic heterocycles. The highest BCUT2D eigenvalue weighted by molar-refractivity contribution is 6.31. The van der Waals surface area contributed by atoms with Crippen LogP contribution in [-0.2, 0) is 13.1 Å². The van der Waals surface area contributed by atoms with E-state index < -0.39 is 0 Å². The Balaban J connectivity index is 2.06. The predicted molar refractivity (Wildman–Crippen MR) is 73.8 cm³/mol. The molecule has 4 nitrogen and oxygen atoms in total. The van der Waals surface area contributed by atoms with Gasteiger partial charge in [0.15, 0.2) is 5.15 Å². The average molecular weight is 265 g/mol. The van der Waals surface area contributed by atoms with Gasteiger partial charge in [-0.3, -0.25) is 0 Å². The molecular formula is C13H17ClN4. The van der Waals surface area contributed by atoms with Crippen LogP contribution >= 0.6 is 11.6 Å². The van der Waals surface area contributed by atoms with Gasteiger partial charge in [0.2, 0.25) is 0 Å². The normalized spacial score (nSPS) is 10.6. The summed E-state index contributed by atoms with van der Waals surface area (Å²) in [6, 6.07) is 1.99. The van der Waals surface area contributed by atoms with Crippen LogP contribution in [0.25, 0.3) is 0 Å². The quantitative estimate of drug-likeness (QED) is 0.843. The van der Waals surface area contributed by atoms with E-state index in [1.165, 1.54) is 0 Å². The summed E-state index contributed by atoms with van der Waals surface area (Å²) in [6.45, 7) is 5.78. The standard InChI is InChI=1S/C13H17ClN4/c1-3-5-18-6-4-15-12(18)9-16-11-7-10(2)8-17-13(11)14/h4,6-8,16H,3,5,9H2,1-2H3. The van der Waals surface area contributed by atoms with Crippen LogP contribution in [0.2, 0.25) is 5.15 Å². The van der Waals surface area contributed by atoms with E-state index in [4.69, 9.17) is 11.6 Å². The van der Waals surface area contributed by atoms with Crippen LogP contribution in [0, 0.1) is 6.92 Å². The Kier molecular flexibility index (Phi) is 4.20. The van der Waals surface area contributed by atoms with E-state index in [0.29, 0.717) is 11.7 Å². The van der Waals surface area contributed by atoms with Crippen LogP contribution in [0.1, 0.15) is 24.7 Å². The van der Waals surface area contributed by atoms with Crippen molar-refractivity contribution in [1.29, 1.82) is 0 Å². The first-order valence-electron chi connectivity index (χ1n) is 6.06. The number of anilines is 1. The number of imidazole rings is 1. The number of pyridine rings is 1. The molecule has 2 heterocycles. The fraction of sp³-hybridized carbons (Fsp3) is 0.385. The second-order valence-electron chi connectivity index (χ2n) is 4.24. The molecule has 2 aromatic rings. The van der Waals surface area contributed by atoms with E-state index in [-0.39, 0.29) is 0 Å². The summed E-state index contributed by atoms with van der Waals surface area (Å²) < 4.78 is 2.14. The van der Waals surface area contributed by atoms with Crippen molar-refractivity contribution in [2.75, 3.05) is 5.32 Å². The summed E-state index contributed by atoms with van der Waals surface area (Å²) in [4.78, 5) is 8.45. The van der Waals surface area contributed by atoms with Crippen molar-refractivity contribution in [3.63, 3.8) is 0 Å². The highest BCUT2D eigenvalue weighted by atomic mass is 35.5. The summed E-state index contributed by atoms with van der Waals surface area (Å²) in [6.07, 6.45) is 6.67. The van der Waals surface area contributed by atoms with E-state index in [0.717, 1.165) is 30.0 Å². The molecule has 0 aliphatic rings. The number of hydrogen-bond donors (Lipinski definition) is 1.